The van der Waals surface area contributed by atoms with Gasteiger partial charge in [-0.25, -0.2) is 8.42 Å². The summed E-state index contributed by atoms with van der Waals surface area (Å²) in [5.41, 5.74) is 7.10. The Bertz CT molecular complexity index is 1160. The monoisotopic (exact) mass is 429 g/mol. The molecule has 3 N–H and O–H groups in total. The number of rotatable bonds is 5. The summed E-state index contributed by atoms with van der Waals surface area (Å²) >= 11 is 1.07. The molecule has 0 aliphatic heterocycles. The van der Waals surface area contributed by atoms with Crippen molar-refractivity contribution in [1.29, 1.82) is 0 Å². The average Bonchev–Trinajstić information content (AvgIpc) is 3.24. The lowest BCUT2D eigenvalue weighted by atomic mass is 10.0. The largest absolute Gasteiger partial charge is 0.278 e. The number of anilines is 1. The van der Waals surface area contributed by atoms with E-state index in [4.69, 9.17) is 0 Å². The molecule has 0 radical (unpaired) electrons. The number of thiophene rings is 1. The number of hydrogen-bond acceptors (Lipinski definition) is 5. The van der Waals surface area contributed by atoms with Gasteiger partial charge >= 0.3 is 0 Å². The number of hydrogen-bond donors (Lipinski definition) is 3. The smallest absolute Gasteiger partial charge is 0.271 e. The van der Waals surface area contributed by atoms with Crippen LogP contribution in [0.4, 0.5) is 5.69 Å². The Morgan fingerprint density at radius 1 is 0.828 bits per heavy atom. The molecule has 0 unspecified atom stereocenters. The molecule has 1 aromatic heterocycles. The van der Waals surface area contributed by atoms with E-state index in [1.807, 2.05) is 19.9 Å². The lowest BCUT2D eigenvalue weighted by Crippen LogP contribution is -2.42. The maximum Gasteiger partial charge on any atom is 0.271 e. The van der Waals surface area contributed by atoms with E-state index in [2.05, 4.69) is 15.6 Å². The standard InChI is InChI=1S/C20H19N3O4S2/c1-13-7-5-9-15(14(13)2)19(24)21-22-20(25)16-8-3-4-10-17(16)23-29(26,27)18-11-6-12-28-18/h3-12,23H,1-2H3,(H,21,24)(H,22,25). The van der Waals surface area contributed by atoms with Gasteiger partial charge in [0.25, 0.3) is 21.8 Å². The van der Waals surface area contributed by atoms with Gasteiger partial charge in [-0.15, -0.1) is 11.3 Å². The van der Waals surface area contributed by atoms with E-state index in [0.29, 0.717) is 5.56 Å². The molecule has 2 amide bonds. The molecule has 1 heterocycles. The van der Waals surface area contributed by atoms with E-state index < -0.39 is 21.8 Å². The summed E-state index contributed by atoms with van der Waals surface area (Å²) in [6, 6.07) is 14.6. The van der Waals surface area contributed by atoms with Crippen LogP contribution in [0.15, 0.2) is 64.2 Å². The van der Waals surface area contributed by atoms with Crippen LogP contribution in [-0.2, 0) is 10.0 Å². The number of hydrazine groups is 1. The molecule has 0 fully saturated rings. The van der Waals surface area contributed by atoms with Crippen molar-refractivity contribution in [3.63, 3.8) is 0 Å². The van der Waals surface area contributed by atoms with Crippen LogP contribution in [-0.4, -0.2) is 20.2 Å². The average molecular weight is 430 g/mol. The van der Waals surface area contributed by atoms with Crippen molar-refractivity contribution in [3.8, 4) is 0 Å². The Labute approximate surface area is 172 Å². The summed E-state index contributed by atoms with van der Waals surface area (Å²) in [5, 5.41) is 1.65. The SMILES string of the molecule is Cc1cccc(C(=O)NNC(=O)c2ccccc2NS(=O)(=O)c2cccs2)c1C. The normalized spacial score (nSPS) is 11.0. The van der Waals surface area contributed by atoms with E-state index in [0.717, 1.165) is 22.5 Å². The van der Waals surface area contributed by atoms with Gasteiger partial charge < -0.3 is 0 Å². The van der Waals surface area contributed by atoms with Crippen LogP contribution in [0.5, 0.6) is 0 Å². The summed E-state index contributed by atoms with van der Waals surface area (Å²) in [5.74, 6) is -1.11. The quantitative estimate of drug-likeness (QED) is 0.542. The van der Waals surface area contributed by atoms with Crippen LogP contribution in [0.1, 0.15) is 31.8 Å². The summed E-state index contributed by atoms with van der Waals surface area (Å²) in [6.07, 6.45) is 0. The minimum atomic E-state index is -3.81. The lowest BCUT2D eigenvalue weighted by Gasteiger charge is -2.13. The first-order valence-corrected chi connectivity index (χ1v) is 11.0. The van der Waals surface area contributed by atoms with Crippen molar-refractivity contribution >= 4 is 38.9 Å². The van der Waals surface area contributed by atoms with Crippen molar-refractivity contribution in [2.75, 3.05) is 4.72 Å². The first-order valence-electron chi connectivity index (χ1n) is 8.62. The van der Waals surface area contributed by atoms with E-state index >= 15 is 0 Å². The number of carbonyl (C=O) groups is 2. The molecule has 3 rings (SSSR count). The van der Waals surface area contributed by atoms with Crippen LogP contribution < -0.4 is 15.6 Å². The molecular weight excluding hydrogens is 410 g/mol. The Morgan fingerprint density at radius 2 is 1.48 bits per heavy atom. The third-order valence-electron chi connectivity index (χ3n) is 4.31. The number of aryl methyl sites for hydroxylation is 1. The van der Waals surface area contributed by atoms with Crippen molar-refractivity contribution in [2.24, 2.45) is 0 Å². The molecule has 9 heteroatoms. The fourth-order valence-electron chi connectivity index (χ4n) is 2.63. The molecular formula is C20H19N3O4S2. The topological polar surface area (TPSA) is 104 Å². The van der Waals surface area contributed by atoms with Crippen LogP contribution in [0, 0.1) is 13.8 Å². The molecule has 0 aliphatic rings. The molecule has 150 valence electrons. The minimum Gasteiger partial charge on any atom is -0.278 e. The number of sulfonamides is 1. The predicted octanol–water partition coefficient (Wildman–Crippen LogP) is 3.24. The van der Waals surface area contributed by atoms with Gasteiger partial charge in [0, 0.05) is 5.56 Å². The number of benzene rings is 2. The number of carbonyl (C=O) groups excluding carboxylic acids is 2. The van der Waals surface area contributed by atoms with Gasteiger partial charge in [-0.2, -0.15) is 0 Å². The van der Waals surface area contributed by atoms with Crippen LogP contribution >= 0.6 is 11.3 Å². The van der Waals surface area contributed by atoms with Gasteiger partial charge in [-0.3, -0.25) is 25.2 Å². The highest BCUT2D eigenvalue weighted by molar-refractivity contribution is 7.94. The van der Waals surface area contributed by atoms with Crippen molar-refractivity contribution in [1.82, 2.24) is 10.9 Å². The molecule has 2 aromatic carbocycles. The Kier molecular flexibility index (Phi) is 6.00. The maximum absolute atomic E-state index is 12.6. The molecule has 3 aromatic rings. The predicted molar refractivity (Wildman–Crippen MR) is 112 cm³/mol. The molecule has 0 spiro atoms. The highest BCUT2D eigenvalue weighted by Crippen LogP contribution is 2.22. The van der Waals surface area contributed by atoms with Crippen molar-refractivity contribution in [2.45, 2.75) is 18.1 Å². The van der Waals surface area contributed by atoms with Crippen LogP contribution in [0.2, 0.25) is 0 Å². The number of para-hydroxylation sites is 1. The zero-order valence-electron chi connectivity index (χ0n) is 15.7. The second kappa shape index (κ2) is 8.46. The van der Waals surface area contributed by atoms with Crippen molar-refractivity contribution < 1.29 is 18.0 Å². The third kappa shape index (κ3) is 4.64. The van der Waals surface area contributed by atoms with E-state index in [-0.39, 0.29) is 15.5 Å². The third-order valence-corrected chi connectivity index (χ3v) is 7.08. The van der Waals surface area contributed by atoms with Gasteiger partial charge in [0.05, 0.1) is 11.3 Å². The van der Waals surface area contributed by atoms with Gasteiger partial charge in [0.1, 0.15) is 4.21 Å². The molecule has 0 saturated carbocycles. The van der Waals surface area contributed by atoms with Crippen LogP contribution in [0.25, 0.3) is 0 Å². The molecule has 0 aliphatic carbocycles. The van der Waals surface area contributed by atoms with Gasteiger partial charge in [0.15, 0.2) is 0 Å². The lowest BCUT2D eigenvalue weighted by molar-refractivity contribution is 0.0846. The van der Waals surface area contributed by atoms with E-state index in [9.17, 15) is 18.0 Å². The second-order valence-corrected chi connectivity index (χ2v) is 9.10. The van der Waals surface area contributed by atoms with Gasteiger partial charge in [0.2, 0.25) is 0 Å². The van der Waals surface area contributed by atoms with Crippen LogP contribution in [0.3, 0.4) is 0 Å². The highest BCUT2D eigenvalue weighted by Gasteiger charge is 2.20. The molecule has 0 saturated heterocycles. The molecule has 0 atom stereocenters. The first-order chi connectivity index (χ1) is 13.8. The molecule has 7 nitrogen and oxygen atoms in total. The fourth-order valence-corrected chi connectivity index (χ4v) is 4.70. The summed E-state index contributed by atoms with van der Waals surface area (Å²) < 4.78 is 27.5. The zero-order valence-corrected chi connectivity index (χ0v) is 17.4. The summed E-state index contributed by atoms with van der Waals surface area (Å²) in [4.78, 5) is 25.0. The summed E-state index contributed by atoms with van der Waals surface area (Å²) in [7, 11) is -3.81. The summed E-state index contributed by atoms with van der Waals surface area (Å²) in [6.45, 7) is 3.71. The van der Waals surface area contributed by atoms with Crippen molar-refractivity contribution in [3.05, 3.63) is 82.2 Å². The van der Waals surface area contributed by atoms with E-state index in [1.54, 1.807) is 35.7 Å². The number of amides is 2. The molecule has 29 heavy (non-hydrogen) atoms. The second-order valence-electron chi connectivity index (χ2n) is 6.24. The van der Waals surface area contributed by atoms with E-state index in [1.165, 1.54) is 18.2 Å². The highest BCUT2D eigenvalue weighted by atomic mass is 32.2. The molecule has 0 bridgehead atoms. The first kappa shape index (κ1) is 20.6. The zero-order chi connectivity index (χ0) is 21.0. The van der Waals surface area contributed by atoms with Gasteiger partial charge in [-0.05, 0) is 54.6 Å². The number of nitrogens with one attached hydrogen (secondary N) is 3. The fraction of sp³-hybridized carbons (Fsp3) is 0.100. The Hall–Kier alpha value is -3.17. The minimum absolute atomic E-state index is 0.0777. The Balaban J connectivity index is 1.75. The van der Waals surface area contributed by atoms with Gasteiger partial charge in [-0.1, -0.05) is 30.3 Å². The Morgan fingerprint density at radius 3 is 2.17 bits per heavy atom. The maximum atomic E-state index is 12.6.